The van der Waals surface area contributed by atoms with E-state index < -0.39 is 0 Å². The van der Waals surface area contributed by atoms with E-state index in [1.54, 1.807) is 0 Å². The van der Waals surface area contributed by atoms with Crippen molar-refractivity contribution in [2.75, 3.05) is 13.2 Å². The van der Waals surface area contributed by atoms with Gasteiger partial charge in [-0.15, -0.1) is 0 Å². The molecule has 5 nitrogen and oxygen atoms in total. The Balaban J connectivity index is 1.97. The molecule has 1 N–H and O–H groups in total. The highest BCUT2D eigenvalue weighted by atomic mass is 16.5. The molecule has 1 aromatic rings. The number of rotatable bonds is 4. The van der Waals surface area contributed by atoms with Crippen LogP contribution in [0.5, 0.6) is 0 Å². The molecule has 5 heteroatoms. The molecule has 1 aliphatic rings. The molecule has 2 rings (SSSR count). The van der Waals surface area contributed by atoms with Crippen LogP contribution < -0.4 is 0 Å². The van der Waals surface area contributed by atoms with Crippen LogP contribution in [0.2, 0.25) is 0 Å². The summed E-state index contributed by atoms with van der Waals surface area (Å²) in [5.74, 6) is 1.69. The van der Waals surface area contributed by atoms with Crippen LogP contribution in [0.4, 0.5) is 0 Å². The third-order valence-electron chi connectivity index (χ3n) is 3.03. The molecule has 0 saturated carbocycles. The molecular formula is C11H19N3O2. The lowest BCUT2D eigenvalue weighted by molar-refractivity contribution is 0.150. The van der Waals surface area contributed by atoms with E-state index in [2.05, 4.69) is 15.0 Å². The monoisotopic (exact) mass is 225 g/mol. The van der Waals surface area contributed by atoms with E-state index in [1.807, 2.05) is 13.8 Å². The first-order valence-corrected chi connectivity index (χ1v) is 5.88. The second-order valence-electron chi connectivity index (χ2n) is 4.65. The van der Waals surface area contributed by atoms with Crippen LogP contribution >= 0.6 is 0 Å². The van der Waals surface area contributed by atoms with Crippen LogP contribution in [0.15, 0.2) is 4.52 Å². The fourth-order valence-electron chi connectivity index (χ4n) is 2.06. The predicted molar refractivity (Wildman–Crippen MR) is 58.9 cm³/mol. The number of hydrogen-bond acceptors (Lipinski definition) is 5. The molecule has 0 radical (unpaired) electrons. The van der Waals surface area contributed by atoms with Crippen molar-refractivity contribution in [3.63, 3.8) is 0 Å². The number of aromatic nitrogens is 2. The highest BCUT2D eigenvalue weighted by Crippen LogP contribution is 2.19. The van der Waals surface area contributed by atoms with E-state index in [9.17, 15) is 5.11 Å². The van der Waals surface area contributed by atoms with Gasteiger partial charge in [0.05, 0.1) is 13.2 Å². The molecule has 1 saturated heterocycles. The fraction of sp³-hybridized carbons (Fsp3) is 0.818. The lowest BCUT2D eigenvalue weighted by atomic mass is 10.2. The van der Waals surface area contributed by atoms with Gasteiger partial charge >= 0.3 is 0 Å². The van der Waals surface area contributed by atoms with Crippen molar-refractivity contribution >= 4 is 0 Å². The average molecular weight is 225 g/mol. The zero-order valence-electron chi connectivity index (χ0n) is 9.89. The minimum Gasteiger partial charge on any atom is -0.395 e. The second kappa shape index (κ2) is 4.93. The Morgan fingerprint density at radius 3 is 3.00 bits per heavy atom. The van der Waals surface area contributed by atoms with Gasteiger partial charge in [0, 0.05) is 12.0 Å². The SMILES string of the molecule is CC(C)c1nc(CN2CCC[C@H]2CO)no1. The normalized spacial score (nSPS) is 22.1. The second-order valence-corrected chi connectivity index (χ2v) is 4.65. The van der Waals surface area contributed by atoms with Crippen LogP contribution in [0.25, 0.3) is 0 Å². The molecule has 0 aromatic carbocycles. The maximum Gasteiger partial charge on any atom is 0.229 e. The molecular weight excluding hydrogens is 206 g/mol. The Bertz CT molecular complexity index is 338. The topological polar surface area (TPSA) is 62.4 Å². The first kappa shape index (κ1) is 11.5. The summed E-state index contributed by atoms with van der Waals surface area (Å²) in [6.45, 7) is 5.97. The van der Waals surface area contributed by atoms with Gasteiger partial charge in [0.25, 0.3) is 0 Å². The van der Waals surface area contributed by atoms with E-state index in [0.717, 1.165) is 25.2 Å². The van der Waals surface area contributed by atoms with E-state index in [1.165, 1.54) is 0 Å². The maximum atomic E-state index is 9.20. The number of likely N-dealkylation sites (tertiary alicyclic amines) is 1. The zero-order valence-corrected chi connectivity index (χ0v) is 9.89. The van der Waals surface area contributed by atoms with Gasteiger partial charge in [-0.05, 0) is 19.4 Å². The summed E-state index contributed by atoms with van der Waals surface area (Å²) in [6, 6.07) is 0.265. The summed E-state index contributed by atoms with van der Waals surface area (Å²) in [5.41, 5.74) is 0. The van der Waals surface area contributed by atoms with Crippen molar-refractivity contribution < 1.29 is 9.63 Å². The zero-order chi connectivity index (χ0) is 11.5. The van der Waals surface area contributed by atoms with Crippen molar-refractivity contribution in [2.45, 2.75) is 45.2 Å². The molecule has 16 heavy (non-hydrogen) atoms. The average Bonchev–Trinajstić information content (AvgIpc) is 2.87. The molecule has 0 unspecified atom stereocenters. The molecule has 0 amide bonds. The molecule has 90 valence electrons. The number of aliphatic hydroxyl groups excluding tert-OH is 1. The molecule has 1 fully saturated rings. The maximum absolute atomic E-state index is 9.20. The number of hydrogen-bond donors (Lipinski definition) is 1. The van der Waals surface area contributed by atoms with Crippen molar-refractivity contribution in [1.82, 2.24) is 15.0 Å². The molecule has 2 heterocycles. The van der Waals surface area contributed by atoms with Gasteiger partial charge in [-0.25, -0.2) is 0 Å². The lowest BCUT2D eigenvalue weighted by Crippen LogP contribution is -2.31. The van der Waals surface area contributed by atoms with Crippen molar-refractivity contribution in [2.24, 2.45) is 0 Å². The van der Waals surface area contributed by atoms with Crippen molar-refractivity contribution in [1.29, 1.82) is 0 Å². The summed E-state index contributed by atoms with van der Waals surface area (Å²) in [4.78, 5) is 6.56. The van der Waals surface area contributed by atoms with E-state index >= 15 is 0 Å². The van der Waals surface area contributed by atoms with Crippen molar-refractivity contribution in [3.8, 4) is 0 Å². The van der Waals surface area contributed by atoms with Gasteiger partial charge in [-0.2, -0.15) is 4.98 Å². The fourth-order valence-corrected chi connectivity index (χ4v) is 2.06. The summed E-state index contributed by atoms with van der Waals surface area (Å²) < 4.78 is 5.15. The van der Waals surface area contributed by atoms with Gasteiger partial charge in [-0.3, -0.25) is 4.90 Å². The van der Waals surface area contributed by atoms with Gasteiger partial charge in [0.15, 0.2) is 5.82 Å². The van der Waals surface area contributed by atoms with Gasteiger partial charge in [0.2, 0.25) is 5.89 Å². The van der Waals surface area contributed by atoms with Gasteiger partial charge in [-0.1, -0.05) is 19.0 Å². The summed E-state index contributed by atoms with van der Waals surface area (Å²) in [5, 5.41) is 13.2. The third kappa shape index (κ3) is 2.41. The summed E-state index contributed by atoms with van der Waals surface area (Å²) >= 11 is 0. The largest absolute Gasteiger partial charge is 0.395 e. The highest BCUT2D eigenvalue weighted by molar-refractivity contribution is 4.92. The molecule has 1 atom stereocenters. The Morgan fingerprint density at radius 1 is 1.56 bits per heavy atom. The highest BCUT2D eigenvalue weighted by Gasteiger charge is 2.25. The van der Waals surface area contributed by atoms with Crippen molar-refractivity contribution in [3.05, 3.63) is 11.7 Å². The van der Waals surface area contributed by atoms with Crippen LogP contribution in [0.3, 0.4) is 0 Å². The standard InChI is InChI=1S/C11H19N3O2/c1-8(2)11-12-10(13-16-11)6-14-5-3-4-9(14)7-15/h8-9,15H,3-7H2,1-2H3/t9-/m0/s1. The van der Waals surface area contributed by atoms with Crippen LogP contribution in [0, 0.1) is 0 Å². The minimum absolute atomic E-state index is 0.217. The van der Waals surface area contributed by atoms with Gasteiger partial charge in [0.1, 0.15) is 0 Å². The third-order valence-corrected chi connectivity index (χ3v) is 3.03. The lowest BCUT2D eigenvalue weighted by Gasteiger charge is -2.20. The first-order valence-electron chi connectivity index (χ1n) is 5.88. The predicted octanol–water partition coefficient (Wildman–Crippen LogP) is 1.15. The Kier molecular flexibility index (Phi) is 3.56. The van der Waals surface area contributed by atoms with E-state index in [4.69, 9.17) is 4.52 Å². The Morgan fingerprint density at radius 2 is 2.38 bits per heavy atom. The van der Waals surface area contributed by atoms with E-state index in [0.29, 0.717) is 12.4 Å². The molecule has 1 aromatic heterocycles. The Labute approximate surface area is 95.4 Å². The van der Waals surface area contributed by atoms with Crippen LogP contribution in [0.1, 0.15) is 44.3 Å². The van der Waals surface area contributed by atoms with Crippen LogP contribution in [-0.4, -0.2) is 39.3 Å². The van der Waals surface area contributed by atoms with Gasteiger partial charge < -0.3 is 9.63 Å². The number of aliphatic hydroxyl groups is 1. The van der Waals surface area contributed by atoms with Crippen LogP contribution in [-0.2, 0) is 6.54 Å². The Hall–Kier alpha value is -0.940. The summed E-state index contributed by atoms with van der Waals surface area (Å²) in [7, 11) is 0. The van der Waals surface area contributed by atoms with E-state index in [-0.39, 0.29) is 18.6 Å². The number of nitrogens with zero attached hydrogens (tertiary/aromatic N) is 3. The quantitative estimate of drug-likeness (QED) is 0.832. The molecule has 0 bridgehead atoms. The molecule has 1 aliphatic heterocycles. The minimum atomic E-state index is 0.217. The molecule has 0 aliphatic carbocycles. The smallest absolute Gasteiger partial charge is 0.229 e. The summed E-state index contributed by atoms with van der Waals surface area (Å²) in [6.07, 6.45) is 2.20. The molecule has 0 spiro atoms. The first-order chi connectivity index (χ1) is 7.70.